The van der Waals surface area contributed by atoms with Crippen LogP contribution in [0.15, 0.2) is 16.7 Å². The average molecular weight is 505 g/mol. The number of benzene rings is 1. The number of methoxy groups -OCH3 is 1. The molecule has 2 atom stereocenters. The van der Waals surface area contributed by atoms with E-state index >= 15 is 0 Å². The van der Waals surface area contributed by atoms with Gasteiger partial charge in [0, 0.05) is 51.8 Å². The van der Waals surface area contributed by atoms with Gasteiger partial charge in [0.25, 0.3) is 0 Å². The Labute approximate surface area is 211 Å². The van der Waals surface area contributed by atoms with Crippen molar-refractivity contribution in [3.8, 4) is 0 Å². The second-order valence-electron chi connectivity index (χ2n) is 10.9. The molecule has 0 spiro atoms. The van der Waals surface area contributed by atoms with Gasteiger partial charge in [-0.2, -0.15) is 0 Å². The molecule has 3 aliphatic rings. The molecule has 2 aliphatic carbocycles. The fourth-order valence-electron chi connectivity index (χ4n) is 6.27. The topological polar surface area (TPSA) is 70.8 Å². The number of nitrogens with zero attached hydrogens (tertiary/aromatic N) is 3. The van der Waals surface area contributed by atoms with Crippen LogP contribution in [0.5, 0.6) is 0 Å². The second kappa shape index (κ2) is 11.4. The molecular weight excluding hydrogens is 466 g/mol. The number of piperazine rings is 1. The Morgan fingerprint density at radius 3 is 2.50 bits per heavy atom. The molecule has 1 N–H and O–H groups in total. The van der Waals surface area contributed by atoms with Gasteiger partial charge in [-0.25, -0.2) is 8.78 Å². The Morgan fingerprint density at radius 1 is 1.06 bits per heavy atom. The Kier molecular flexibility index (Phi) is 8.06. The van der Waals surface area contributed by atoms with E-state index in [9.17, 15) is 13.6 Å². The molecular formula is C27H38F2N4O3. The van der Waals surface area contributed by atoms with Crippen LogP contribution >= 0.6 is 0 Å². The molecule has 0 unspecified atom stereocenters. The molecule has 9 heteroatoms. The van der Waals surface area contributed by atoms with E-state index in [1.165, 1.54) is 25.3 Å². The van der Waals surface area contributed by atoms with E-state index in [4.69, 9.17) is 9.26 Å². The SMILES string of the molecule is CO[C@@H]1CC[C@@H](CC(=O)N[C@H]2CC[C@H](CCN3CCN(c4noc5cc(F)c(F)cc45)CC3)CC2)C1. The Bertz CT molecular complexity index is 1030. The first-order chi connectivity index (χ1) is 17.5. The summed E-state index contributed by atoms with van der Waals surface area (Å²) in [4.78, 5) is 17.0. The van der Waals surface area contributed by atoms with Gasteiger partial charge < -0.3 is 19.5 Å². The molecule has 1 aromatic carbocycles. The highest BCUT2D eigenvalue weighted by Gasteiger charge is 2.29. The standard InChI is InChI=1S/C27H38F2N4O3/c1-35-21-7-4-19(14-21)15-26(34)30-20-5-2-18(3-6-20)8-9-32-10-12-33(13-11-32)27-22-16-23(28)24(29)17-25(22)36-31-27/h16-21H,2-15H2,1H3,(H,30,34)/t18-,19-,20-,21-/m1/s1. The third kappa shape index (κ3) is 5.99. The highest BCUT2D eigenvalue weighted by atomic mass is 19.2. The number of hydrogen-bond donors (Lipinski definition) is 1. The van der Waals surface area contributed by atoms with E-state index in [0.29, 0.717) is 41.6 Å². The highest BCUT2D eigenvalue weighted by molar-refractivity contribution is 5.88. The third-order valence-corrected chi connectivity index (χ3v) is 8.53. The van der Waals surface area contributed by atoms with Crippen LogP contribution in [0, 0.1) is 23.5 Å². The number of nitrogens with one attached hydrogen (secondary N) is 1. The molecule has 1 saturated heterocycles. The zero-order valence-corrected chi connectivity index (χ0v) is 21.2. The molecule has 1 aromatic heterocycles. The number of rotatable bonds is 8. The van der Waals surface area contributed by atoms with E-state index < -0.39 is 11.6 Å². The van der Waals surface area contributed by atoms with Gasteiger partial charge >= 0.3 is 0 Å². The van der Waals surface area contributed by atoms with E-state index in [0.717, 1.165) is 70.9 Å². The molecule has 1 amide bonds. The number of amides is 1. The number of aromatic nitrogens is 1. The average Bonchev–Trinajstić information content (AvgIpc) is 3.51. The van der Waals surface area contributed by atoms with Gasteiger partial charge in [-0.1, -0.05) is 5.16 Å². The number of carbonyl (C=O) groups is 1. The molecule has 2 heterocycles. The van der Waals surface area contributed by atoms with Crippen LogP contribution in [0.2, 0.25) is 0 Å². The molecule has 36 heavy (non-hydrogen) atoms. The van der Waals surface area contributed by atoms with Crippen molar-refractivity contribution in [3.05, 3.63) is 23.8 Å². The van der Waals surface area contributed by atoms with Crippen molar-refractivity contribution in [3.63, 3.8) is 0 Å². The zero-order valence-electron chi connectivity index (χ0n) is 21.2. The lowest BCUT2D eigenvalue weighted by Crippen LogP contribution is -2.47. The maximum Gasteiger partial charge on any atom is 0.220 e. The zero-order chi connectivity index (χ0) is 25.1. The summed E-state index contributed by atoms with van der Waals surface area (Å²) in [6.07, 6.45) is 9.84. The number of fused-ring (bicyclic) bond motifs is 1. The fraction of sp³-hybridized carbons (Fsp3) is 0.704. The van der Waals surface area contributed by atoms with Crippen LogP contribution in [0.4, 0.5) is 14.6 Å². The van der Waals surface area contributed by atoms with E-state index in [1.807, 2.05) is 0 Å². The van der Waals surface area contributed by atoms with Crippen molar-refractivity contribution in [2.75, 3.05) is 44.7 Å². The number of hydrogen-bond acceptors (Lipinski definition) is 6. The molecule has 7 nitrogen and oxygen atoms in total. The van der Waals surface area contributed by atoms with E-state index in [-0.39, 0.29) is 11.5 Å². The molecule has 198 valence electrons. The van der Waals surface area contributed by atoms with Gasteiger partial charge in [0.15, 0.2) is 23.0 Å². The highest BCUT2D eigenvalue weighted by Crippen LogP contribution is 2.32. The lowest BCUT2D eigenvalue weighted by atomic mass is 9.84. The summed E-state index contributed by atoms with van der Waals surface area (Å²) in [6, 6.07) is 2.56. The Balaban J connectivity index is 0.996. The third-order valence-electron chi connectivity index (χ3n) is 8.53. The maximum absolute atomic E-state index is 13.7. The first-order valence-electron chi connectivity index (χ1n) is 13.5. The van der Waals surface area contributed by atoms with E-state index in [1.54, 1.807) is 7.11 Å². The van der Waals surface area contributed by atoms with Crippen LogP contribution < -0.4 is 10.2 Å². The molecule has 3 fully saturated rings. The smallest absolute Gasteiger partial charge is 0.220 e. The molecule has 2 saturated carbocycles. The summed E-state index contributed by atoms with van der Waals surface area (Å²) in [7, 11) is 1.76. The van der Waals surface area contributed by atoms with Crippen LogP contribution in [0.25, 0.3) is 11.0 Å². The number of halogens is 2. The van der Waals surface area contributed by atoms with Crippen LogP contribution in [-0.4, -0.2) is 67.9 Å². The lowest BCUT2D eigenvalue weighted by molar-refractivity contribution is -0.123. The minimum absolute atomic E-state index is 0.214. The largest absolute Gasteiger partial charge is 0.381 e. The Hall–Kier alpha value is -2.26. The van der Waals surface area contributed by atoms with Crippen LogP contribution in [0.3, 0.4) is 0 Å². The summed E-state index contributed by atoms with van der Waals surface area (Å²) in [6.45, 7) is 4.46. The predicted molar refractivity (Wildman–Crippen MR) is 134 cm³/mol. The minimum Gasteiger partial charge on any atom is -0.381 e. The molecule has 0 bridgehead atoms. The molecule has 2 aromatic rings. The van der Waals surface area contributed by atoms with Gasteiger partial charge in [-0.3, -0.25) is 9.69 Å². The summed E-state index contributed by atoms with van der Waals surface area (Å²) >= 11 is 0. The molecule has 5 rings (SSSR count). The van der Waals surface area contributed by atoms with Crippen molar-refractivity contribution >= 4 is 22.7 Å². The normalized spacial score (nSPS) is 27.6. The first kappa shape index (κ1) is 25.4. The lowest BCUT2D eigenvalue weighted by Gasteiger charge is -2.36. The fourth-order valence-corrected chi connectivity index (χ4v) is 6.27. The summed E-state index contributed by atoms with van der Waals surface area (Å²) < 4.78 is 37.8. The summed E-state index contributed by atoms with van der Waals surface area (Å²) in [5, 5.41) is 7.88. The molecule has 0 radical (unpaired) electrons. The van der Waals surface area contributed by atoms with Gasteiger partial charge in [0.1, 0.15) is 0 Å². The summed E-state index contributed by atoms with van der Waals surface area (Å²) in [5.74, 6) is 0.191. The molecule has 1 aliphatic heterocycles. The first-order valence-corrected chi connectivity index (χ1v) is 13.5. The van der Waals surface area contributed by atoms with Crippen molar-refractivity contribution in [2.24, 2.45) is 11.8 Å². The van der Waals surface area contributed by atoms with Gasteiger partial charge in [0.2, 0.25) is 5.91 Å². The monoisotopic (exact) mass is 504 g/mol. The number of carbonyl (C=O) groups excluding carboxylic acids is 1. The van der Waals surface area contributed by atoms with Gasteiger partial charge in [-0.15, -0.1) is 0 Å². The van der Waals surface area contributed by atoms with Crippen molar-refractivity contribution in [1.29, 1.82) is 0 Å². The van der Waals surface area contributed by atoms with E-state index in [2.05, 4.69) is 20.3 Å². The van der Waals surface area contributed by atoms with Gasteiger partial charge in [0.05, 0.1) is 11.5 Å². The van der Waals surface area contributed by atoms with Crippen molar-refractivity contribution in [2.45, 2.75) is 69.9 Å². The van der Waals surface area contributed by atoms with Crippen molar-refractivity contribution < 1.29 is 22.8 Å². The Morgan fingerprint density at radius 2 is 1.78 bits per heavy atom. The summed E-state index contributed by atoms with van der Waals surface area (Å²) in [5.41, 5.74) is 0.274. The maximum atomic E-state index is 13.7. The predicted octanol–water partition coefficient (Wildman–Crippen LogP) is 4.50. The van der Waals surface area contributed by atoms with Crippen LogP contribution in [0.1, 0.15) is 57.8 Å². The minimum atomic E-state index is -0.920. The number of ether oxygens (including phenoxy) is 1. The quantitative estimate of drug-likeness (QED) is 0.571. The van der Waals surface area contributed by atoms with Gasteiger partial charge in [-0.05, 0) is 75.8 Å². The van der Waals surface area contributed by atoms with Crippen molar-refractivity contribution in [1.82, 2.24) is 15.4 Å². The number of anilines is 1. The van der Waals surface area contributed by atoms with Crippen LogP contribution in [-0.2, 0) is 9.53 Å². The second-order valence-corrected chi connectivity index (χ2v) is 10.9.